The molecule has 0 unspecified atom stereocenters. The van der Waals surface area contributed by atoms with Crippen molar-refractivity contribution in [1.29, 1.82) is 0 Å². The van der Waals surface area contributed by atoms with Gasteiger partial charge in [-0.15, -0.1) is 0 Å². The zero-order chi connectivity index (χ0) is 17.0. The predicted octanol–water partition coefficient (Wildman–Crippen LogP) is 2.19. The summed E-state index contributed by atoms with van der Waals surface area (Å²) in [6.45, 7) is 0.188. The summed E-state index contributed by atoms with van der Waals surface area (Å²) in [5, 5.41) is 0. The quantitative estimate of drug-likeness (QED) is 0.553. The number of aromatic nitrogens is 2. The fraction of sp³-hybridized carbons (Fsp3) is 0.111. The van der Waals surface area contributed by atoms with Gasteiger partial charge in [0.05, 0.1) is 22.7 Å². The second kappa shape index (κ2) is 5.22. The van der Waals surface area contributed by atoms with Gasteiger partial charge in [0.2, 0.25) is 6.79 Å². The Hall–Kier alpha value is -3.06. The van der Waals surface area contributed by atoms with Crippen LogP contribution >= 0.6 is 11.3 Å². The lowest BCUT2D eigenvalue weighted by molar-refractivity contribution is 0.174. The molecule has 1 aliphatic heterocycles. The number of ether oxygens (including phenoxy) is 3. The lowest BCUT2D eigenvalue weighted by Gasteiger charge is -2.05. The van der Waals surface area contributed by atoms with Gasteiger partial charge < -0.3 is 14.2 Å². The topological polar surface area (TPSA) is 62.1 Å². The average molecular weight is 352 g/mol. The van der Waals surface area contributed by atoms with E-state index in [1.165, 1.54) is 11.3 Å². The summed E-state index contributed by atoms with van der Waals surface area (Å²) < 4.78 is 18.4. The first-order valence-electron chi connectivity index (χ1n) is 7.64. The van der Waals surface area contributed by atoms with E-state index in [0.29, 0.717) is 26.7 Å². The number of benzene rings is 2. The molecule has 0 saturated carbocycles. The molecule has 0 amide bonds. The van der Waals surface area contributed by atoms with Gasteiger partial charge in [-0.3, -0.25) is 4.79 Å². The fourth-order valence-corrected chi connectivity index (χ4v) is 3.96. The zero-order valence-corrected chi connectivity index (χ0v) is 14.0. The number of nitrogens with zero attached hydrogens (tertiary/aromatic N) is 2. The molecule has 0 spiro atoms. The normalized spacial score (nSPS) is 13.9. The van der Waals surface area contributed by atoms with Gasteiger partial charge in [0, 0.05) is 11.6 Å². The van der Waals surface area contributed by atoms with Gasteiger partial charge in [-0.25, -0.2) is 9.38 Å². The number of fused-ring (bicyclic) bond motifs is 4. The molecule has 5 rings (SSSR count). The maximum atomic E-state index is 12.8. The Morgan fingerprint density at radius 2 is 2.04 bits per heavy atom. The van der Waals surface area contributed by atoms with E-state index < -0.39 is 0 Å². The molecule has 0 saturated heterocycles. The fourth-order valence-electron chi connectivity index (χ4n) is 2.98. The van der Waals surface area contributed by atoms with E-state index in [2.05, 4.69) is 4.98 Å². The summed E-state index contributed by atoms with van der Waals surface area (Å²) in [6, 6.07) is 11.2. The van der Waals surface area contributed by atoms with E-state index in [0.717, 1.165) is 16.6 Å². The molecule has 2 aromatic heterocycles. The summed E-state index contributed by atoms with van der Waals surface area (Å²) in [5.74, 6) is 1.91. The molecule has 1 aliphatic rings. The van der Waals surface area contributed by atoms with Crippen molar-refractivity contribution in [3.8, 4) is 17.2 Å². The van der Waals surface area contributed by atoms with E-state index in [4.69, 9.17) is 14.2 Å². The average Bonchev–Trinajstić information content (AvgIpc) is 3.29. The number of rotatable bonds is 2. The highest BCUT2D eigenvalue weighted by atomic mass is 32.1. The molecular weight excluding hydrogens is 340 g/mol. The van der Waals surface area contributed by atoms with Gasteiger partial charge in [0.1, 0.15) is 5.75 Å². The molecule has 7 heteroatoms. The third-order valence-electron chi connectivity index (χ3n) is 4.16. The molecule has 0 aliphatic carbocycles. The first kappa shape index (κ1) is 14.3. The Balaban J connectivity index is 1.76. The standard InChI is InChI=1S/C18H12N2O4S/c1-22-13-8-15-14(23-9-24-15)6-10(13)7-16-17(21)20-12-5-3-2-4-11(12)19-18(20)25-16/h2-8H,9H2,1H3/b16-7-. The summed E-state index contributed by atoms with van der Waals surface area (Å²) in [4.78, 5) is 18.0. The van der Waals surface area contributed by atoms with Crippen molar-refractivity contribution in [3.63, 3.8) is 0 Å². The monoisotopic (exact) mass is 352 g/mol. The Bertz CT molecular complexity index is 1240. The van der Waals surface area contributed by atoms with Gasteiger partial charge in [0.25, 0.3) is 5.56 Å². The molecule has 0 fully saturated rings. The zero-order valence-electron chi connectivity index (χ0n) is 13.2. The van der Waals surface area contributed by atoms with Crippen LogP contribution in [0.5, 0.6) is 17.2 Å². The first-order valence-corrected chi connectivity index (χ1v) is 8.45. The molecule has 0 N–H and O–H groups in total. The minimum Gasteiger partial charge on any atom is -0.496 e. The highest BCUT2D eigenvalue weighted by Crippen LogP contribution is 2.38. The highest BCUT2D eigenvalue weighted by molar-refractivity contribution is 7.15. The molecule has 0 bridgehead atoms. The number of para-hydroxylation sites is 2. The van der Waals surface area contributed by atoms with Crippen molar-refractivity contribution in [2.45, 2.75) is 0 Å². The van der Waals surface area contributed by atoms with E-state index in [-0.39, 0.29) is 12.4 Å². The first-order chi connectivity index (χ1) is 12.2. The molecule has 0 radical (unpaired) electrons. The van der Waals surface area contributed by atoms with Crippen LogP contribution < -0.4 is 24.3 Å². The third-order valence-corrected chi connectivity index (χ3v) is 5.13. The van der Waals surface area contributed by atoms with Crippen LogP contribution in [0, 0.1) is 0 Å². The lowest BCUT2D eigenvalue weighted by Crippen LogP contribution is -2.22. The van der Waals surface area contributed by atoms with E-state index in [1.807, 2.05) is 30.3 Å². The predicted molar refractivity (Wildman–Crippen MR) is 94.7 cm³/mol. The van der Waals surface area contributed by atoms with Crippen LogP contribution in [0.4, 0.5) is 0 Å². The largest absolute Gasteiger partial charge is 0.496 e. The lowest BCUT2D eigenvalue weighted by atomic mass is 10.1. The number of thiazole rings is 1. The van der Waals surface area contributed by atoms with Crippen molar-refractivity contribution in [3.05, 3.63) is 56.8 Å². The van der Waals surface area contributed by atoms with Crippen molar-refractivity contribution in [1.82, 2.24) is 9.38 Å². The Morgan fingerprint density at radius 1 is 1.24 bits per heavy atom. The minimum atomic E-state index is -0.0894. The molecule has 0 atom stereocenters. The summed E-state index contributed by atoms with van der Waals surface area (Å²) in [7, 11) is 1.59. The third kappa shape index (κ3) is 2.09. The van der Waals surface area contributed by atoms with Crippen LogP contribution in [-0.4, -0.2) is 23.3 Å². The van der Waals surface area contributed by atoms with Gasteiger partial charge in [-0.2, -0.15) is 0 Å². The Morgan fingerprint density at radius 3 is 2.88 bits per heavy atom. The van der Waals surface area contributed by atoms with Crippen LogP contribution in [0.25, 0.3) is 22.1 Å². The number of hydrogen-bond donors (Lipinski definition) is 0. The molecule has 2 aromatic carbocycles. The second-order valence-corrected chi connectivity index (χ2v) is 6.59. The number of imidazole rings is 1. The van der Waals surface area contributed by atoms with E-state index in [1.54, 1.807) is 23.7 Å². The Labute approximate surface area is 145 Å². The molecule has 3 heterocycles. The molecule has 4 aromatic rings. The number of methoxy groups -OCH3 is 1. The van der Waals surface area contributed by atoms with Gasteiger partial charge in [-0.1, -0.05) is 23.5 Å². The van der Waals surface area contributed by atoms with Crippen molar-refractivity contribution >= 4 is 33.4 Å². The van der Waals surface area contributed by atoms with Gasteiger partial charge in [0.15, 0.2) is 16.5 Å². The van der Waals surface area contributed by atoms with Crippen molar-refractivity contribution < 1.29 is 14.2 Å². The molecule has 124 valence electrons. The number of hydrogen-bond acceptors (Lipinski definition) is 6. The Kier molecular flexibility index (Phi) is 2.98. The van der Waals surface area contributed by atoms with E-state index in [9.17, 15) is 4.79 Å². The smallest absolute Gasteiger partial charge is 0.274 e. The van der Waals surface area contributed by atoms with Gasteiger partial charge >= 0.3 is 0 Å². The maximum Gasteiger partial charge on any atom is 0.274 e. The van der Waals surface area contributed by atoms with Crippen molar-refractivity contribution in [2.75, 3.05) is 13.9 Å². The molecule has 6 nitrogen and oxygen atoms in total. The second-order valence-electron chi connectivity index (χ2n) is 5.58. The maximum absolute atomic E-state index is 12.8. The van der Waals surface area contributed by atoms with Crippen molar-refractivity contribution in [2.24, 2.45) is 0 Å². The van der Waals surface area contributed by atoms with E-state index >= 15 is 0 Å². The minimum absolute atomic E-state index is 0.0894. The van der Waals surface area contributed by atoms with Crippen LogP contribution in [-0.2, 0) is 0 Å². The molecule has 25 heavy (non-hydrogen) atoms. The van der Waals surface area contributed by atoms with Crippen LogP contribution in [0.15, 0.2) is 41.2 Å². The summed E-state index contributed by atoms with van der Waals surface area (Å²) in [5.41, 5.74) is 2.31. The van der Waals surface area contributed by atoms with Gasteiger partial charge in [-0.05, 0) is 24.3 Å². The van der Waals surface area contributed by atoms with Crippen LogP contribution in [0.1, 0.15) is 5.56 Å². The summed E-state index contributed by atoms with van der Waals surface area (Å²) in [6.07, 6.45) is 1.80. The molecular formula is C18H12N2O4S. The van der Waals surface area contributed by atoms with Crippen LogP contribution in [0.2, 0.25) is 0 Å². The van der Waals surface area contributed by atoms with Crippen LogP contribution in [0.3, 0.4) is 0 Å². The highest BCUT2D eigenvalue weighted by Gasteiger charge is 2.17. The summed E-state index contributed by atoms with van der Waals surface area (Å²) >= 11 is 1.35. The SMILES string of the molecule is COc1cc2c(cc1/C=c1\sc3nc4ccccc4n3c1=O)OCO2.